The van der Waals surface area contributed by atoms with Crippen molar-refractivity contribution < 1.29 is 14.0 Å². The predicted octanol–water partition coefficient (Wildman–Crippen LogP) is 4.90. The second-order valence-electron chi connectivity index (χ2n) is 7.08. The SMILES string of the molecule is O=C1Nc2c(cccc2[N+]2(c3ccc(F)cc3)C=CC=CC2=O)/C1=C/c1ccc[nH]1. The number of para-hydroxylation sites is 1. The minimum Gasteiger partial charge on any atom is -0.362 e. The van der Waals surface area contributed by atoms with Crippen molar-refractivity contribution in [2.24, 2.45) is 0 Å². The van der Waals surface area contributed by atoms with Crippen LogP contribution < -0.4 is 9.80 Å². The Labute approximate surface area is 172 Å². The van der Waals surface area contributed by atoms with Crippen molar-refractivity contribution in [3.8, 4) is 0 Å². The minimum absolute atomic E-state index is 0.214. The maximum Gasteiger partial charge on any atom is 0.353 e. The number of allylic oxidation sites excluding steroid dienone is 2. The topological polar surface area (TPSA) is 62.0 Å². The summed E-state index contributed by atoms with van der Waals surface area (Å²) in [6.45, 7) is 0. The molecular weight excluding hydrogens is 381 g/mol. The van der Waals surface area contributed by atoms with E-state index in [1.807, 2.05) is 24.3 Å². The number of hydrogen-bond donors (Lipinski definition) is 2. The summed E-state index contributed by atoms with van der Waals surface area (Å²) in [7, 11) is 0. The van der Waals surface area contributed by atoms with Crippen LogP contribution in [-0.2, 0) is 9.59 Å². The van der Waals surface area contributed by atoms with Gasteiger partial charge >= 0.3 is 5.91 Å². The molecule has 2 aromatic carbocycles. The summed E-state index contributed by atoms with van der Waals surface area (Å²) >= 11 is 0. The number of aromatic amines is 1. The van der Waals surface area contributed by atoms with Crippen molar-refractivity contribution in [2.75, 3.05) is 5.32 Å². The van der Waals surface area contributed by atoms with Crippen molar-refractivity contribution >= 4 is 40.5 Å². The highest BCUT2D eigenvalue weighted by Crippen LogP contribution is 2.47. The van der Waals surface area contributed by atoms with Crippen LogP contribution in [0.3, 0.4) is 0 Å². The number of nitrogens with one attached hydrogen (secondary N) is 2. The fraction of sp³-hybridized carbons (Fsp3) is 0. The van der Waals surface area contributed by atoms with Gasteiger partial charge in [0.2, 0.25) is 0 Å². The molecule has 6 heteroatoms. The highest BCUT2D eigenvalue weighted by molar-refractivity contribution is 6.36. The van der Waals surface area contributed by atoms with E-state index in [0.717, 1.165) is 5.69 Å². The highest BCUT2D eigenvalue weighted by atomic mass is 19.1. The number of amides is 2. The Hall–Kier alpha value is -4.03. The molecule has 2 aliphatic heterocycles. The molecule has 2 amide bonds. The fourth-order valence-electron chi connectivity index (χ4n) is 3.96. The molecule has 0 saturated heterocycles. The third kappa shape index (κ3) is 2.66. The number of carbonyl (C=O) groups excluding carboxylic acids is 2. The van der Waals surface area contributed by atoms with Gasteiger partial charge in [0.05, 0.1) is 5.57 Å². The first kappa shape index (κ1) is 18.0. The second-order valence-corrected chi connectivity index (χ2v) is 7.08. The Kier molecular flexibility index (Phi) is 4.08. The number of aromatic nitrogens is 1. The van der Waals surface area contributed by atoms with Gasteiger partial charge in [-0.1, -0.05) is 12.1 Å². The largest absolute Gasteiger partial charge is 0.362 e. The van der Waals surface area contributed by atoms with Crippen molar-refractivity contribution in [1.82, 2.24) is 9.47 Å². The summed E-state index contributed by atoms with van der Waals surface area (Å²) in [5.74, 6) is -0.842. The molecule has 3 aromatic rings. The molecule has 1 atom stereocenters. The van der Waals surface area contributed by atoms with E-state index in [4.69, 9.17) is 0 Å². The first-order valence-corrected chi connectivity index (χ1v) is 9.45. The first-order chi connectivity index (χ1) is 14.6. The molecular formula is C24H17FN3O2+. The van der Waals surface area contributed by atoms with Gasteiger partial charge in [-0.25, -0.2) is 9.18 Å². The van der Waals surface area contributed by atoms with Crippen LogP contribution in [0.2, 0.25) is 0 Å². The number of rotatable bonds is 3. The molecule has 5 nitrogen and oxygen atoms in total. The van der Waals surface area contributed by atoms with E-state index in [1.165, 1.54) is 18.2 Å². The zero-order chi connectivity index (χ0) is 20.7. The van der Waals surface area contributed by atoms with Crippen LogP contribution >= 0.6 is 0 Å². The van der Waals surface area contributed by atoms with Crippen LogP contribution in [-0.4, -0.2) is 16.8 Å². The van der Waals surface area contributed by atoms with Gasteiger partial charge in [-0.2, -0.15) is 4.48 Å². The van der Waals surface area contributed by atoms with Gasteiger partial charge in [0.1, 0.15) is 17.7 Å². The van der Waals surface area contributed by atoms with E-state index in [9.17, 15) is 14.0 Å². The standard InChI is InChI=1S/C24H16FN3O2/c25-16-9-11-18(12-10-16)28(14-2-1-8-22(28)29)21-7-3-6-19-20(24(30)27-23(19)21)15-17-5-4-13-26-17/h1-15H,(H-,26,27,30)/p+1. The molecule has 146 valence electrons. The molecule has 1 unspecified atom stereocenters. The lowest BCUT2D eigenvalue weighted by Gasteiger charge is -2.32. The third-order valence-corrected chi connectivity index (χ3v) is 5.36. The van der Waals surface area contributed by atoms with E-state index >= 15 is 0 Å². The highest BCUT2D eigenvalue weighted by Gasteiger charge is 2.44. The van der Waals surface area contributed by atoms with Crippen LogP contribution in [0.4, 0.5) is 21.5 Å². The van der Waals surface area contributed by atoms with Gasteiger partial charge in [0.15, 0.2) is 11.4 Å². The second kappa shape index (κ2) is 6.79. The Morgan fingerprint density at radius 3 is 2.50 bits per heavy atom. The molecule has 0 spiro atoms. The number of anilines is 1. The number of fused-ring (bicyclic) bond motifs is 1. The molecule has 1 aromatic heterocycles. The predicted molar refractivity (Wildman–Crippen MR) is 115 cm³/mol. The summed E-state index contributed by atoms with van der Waals surface area (Å²) in [6, 6.07) is 15.0. The van der Waals surface area contributed by atoms with E-state index < -0.39 is 0 Å². The lowest BCUT2D eigenvalue weighted by Crippen LogP contribution is -2.45. The fourth-order valence-corrected chi connectivity index (χ4v) is 3.96. The summed E-state index contributed by atoms with van der Waals surface area (Å²) in [5.41, 5.74) is 3.76. The summed E-state index contributed by atoms with van der Waals surface area (Å²) in [5, 5.41) is 2.93. The smallest absolute Gasteiger partial charge is 0.353 e. The van der Waals surface area contributed by atoms with Gasteiger partial charge in [-0.05, 0) is 42.5 Å². The molecule has 5 rings (SSSR count). The molecule has 3 heterocycles. The molecule has 0 aliphatic carbocycles. The lowest BCUT2D eigenvalue weighted by molar-refractivity contribution is -0.121. The monoisotopic (exact) mass is 398 g/mol. The van der Waals surface area contributed by atoms with E-state index in [-0.39, 0.29) is 22.1 Å². The normalized spacial score (nSPS) is 21.2. The van der Waals surface area contributed by atoms with Crippen molar-refractivity contribution in [3.05, 3.63) is 102 Å². The van der Waals surface area contributed by atoms with E-state index in [2.05, 4.69) is 10.3 Å². The zero-order valence-corrected chi connectivity index (χ0v) is 15.8. The Balaban J connectivity index is 1.74. The van der Waals surface area contributed by atoms with Crippen LogP contribution in [0.5, 0.6) is 0 Å². The Bertz CT molecular complexity index is 1250. The third-order valence-electron chi connectivity index (χ3n) is 5.36. The number of quaternary nitrogens is 1. The summed E-state index contributed by atoms with van der Waals surface area (Å²) in [6.07, 6.45) is 10.2. The van der Waals surface area contributed by atoms with Crippen LogP contribution in [0.15, 0.2) is 85.2 Å². The number of halogens is 1. The van der Waals surface area contributed by atoms with Crippen molar-refractivity contribution in [2.45, 2.75) is 0 Å². The van der Waals surface area contributed by atoms with Crippen molar-refractivity contribution in [3.63, 3.8) is 0 Å². The van der Waals surface area contributed by atoms with Gasteiger partial charge in [-0.15, -0.1) is 0 Å². The molecule has 2 aliphatic rings. The molecule has 0 saturated carbocycles. The Morgan fingerprint density at radius 2 is 1.77 bits per heavy atom. The maximum atomic E-state index is 13.6. The first-order valence-electron chi connectivity index (χ1n) is 9.45. The average molecular weight is 398 g/mol. The molecule has 0 radical (unpaired) electrons. The van der Waals surface area contributed by atoms with Crippen LogP contribution in [0.25, 0.3) is 11.6 Å². The maximum absolute atomic E-state index is 13.6. The molecule has 0 bridgehead atoms. The number of H-pyrrole nitrogens is 1. The average Bonchev–Trinajstić information content (AvgIpc) is 3.38. The van der Waals surface area contributed by atoms with Gasteiger partial charge in [0, 0.05) is 41.7 Å². The van der Waals surface area contributed by atoms with Crippen LogP contribution in [0, 0.1) is 5.82 Å². The van der Waals surface area contributed by atoms with Gasteiger partial charge < -0.3 is 10.3 Å². The van der Waals surface area contributed by atoms with Gasteiger partial charge in [-0.3, -0.25) is 4.79 Å². The van der Waals surface area contributed by atoms with E-state index in [1.54, 1.807) is 48.8 Å². The zero-order valence-electron chi connectivity index (χ0n) is 15.8. The number of hydrogen-bond acceptors (Lipinski definition) is 2. The molecule has 30 heavy (non-hydrogen) atoms. The van der Waals surface area contributed by atoms with Gasteiger partial charge in [0.25, 0.3) is 5.91 Å². The summed E-state index contributed by atoms with van der Waals surface area (Å²) in [4.78, 5) is 29.1. The Morgan fingerprint density at radius 1 is 0.933 bits per heavy atom. The molecule has 0 fully saturated rings. The molecule has 2 N–H and O–H groups in total. The lowest BCUT2D eigenvalue weighted by atomic mass is 10.0. The van der Waals surface area contributed by atoms with Crippen molar-refractivity contribution in [1.29, 1.82) is 0 Å². The van der Waals surface area contributed by atoms with Crippen LogP contribution in [0.1, 0.15) is 11.3 Å². The number of nitrogens with zero attached hydrogens (tertiary/aromatic N) is 1. The number of benzene rings is 2. The van der Waals surface area contributed by atoms with E-state index in [0.29, 0.717) is 28.2 Å². The summed E-state index contributed by atoms with van der Waals surface area (Å²) < 4.78 is 13.3. The number of carbonyl (C=O) groups is 2. The quantitative estimate of drug-likeness (QED) is 0.487. The minimum atomic E-state index is -0.386.